The Morgan fingerprint density at radius 1 is 1.05 bits per heavy atom. The Bertz CT molecular complexity index is 466. The Kier molecular flexibility index (Phi) is 5.75. The van der Waals surface area contributed by atoms with Gasteiger partial charge in [-0.1, -0.05) is 0 Å². The summed E-state index contributed by atoms with van der Waals surface area (Å²) in [5.41, 5.74) is -0.876. The van der Waals surface area contributed by atoms with Crippen LogP contribution >= 0.6 is 0 Å². The lowest BCUT2D eigenvalue weighted by Gasteiger charge is -2.07. The average Bonchev–Trinajstić information content (AvgIpc) is 2.40. The van der Waals surface area contributed by atoms with Crippen LogP contribution in [0.2, 0.25) is 0 Å². The first-order chi connectivity index (χ1) is 8.99. The Labute approximate surface area is 107 Å². The number of carbonyl (C=O) groups is 1. The Balaban J connectivity index is 2.67. The van der Waals surface area contributed by atoms with Crippen molar-refractivity contribution in [1.29, 1.82) is 0 Å². The minimum Gasteiger partial charge on any atom is -0.396 e. The quantitative estimate of drug-likeness (QED) is 0.363. The van der Waals surface area contributed by atoms with Crippen molar-refractivity contribution in [3.63, 3.8) is 0 Å². The summed E-state index contributed by atoms with van der Waals surface area (Å²) >= 11 is 0. The molecule has 1 aromatic carbocycles. The Hall–Kier alpha value is -1.63. The largest absolute Gasteiger partial charge is 0.396 e. The molecular formula is C12H13F4NO2. The van der Waals surface area contributed by atoms with Gasteiger partial charge >= 0.3 is 0 Å². The minimum absolute atomic E-state index is 0.0248. The first-order valence-electron chi connectivity index (χ1n) is 5.71. The Morgan fingerprint density at radius 2 is 1.74 bits per heavy atom. The lowest BCUT2D eigenvalue weighted by Crippen LogP contribution is -2.26. The van der Waals surface area contributed by atoms with Crippen LogP contribution < -0.4 is 5.32 Å². The Morgan fingerprint density at radius 3 is 2.37 bits per heavy atom. The van der Waals surface area contributed by atoms with Gasteiger partial charge in [0.25, 0.3) is 5.91 Å². The summed E-state index contributed by atoms with van der Waals surface area (Å²) in [6, 6.07) is 0.316. The number of hydrogen-bond donors (Lipinski definition) is 2. The zero-order chi connectivity index (χ0) is 14.4. The molecule has 106 valence electrons. The van der Waals surface area contributed by atoms with Crippen LogP contribution in [0.3, 0.4) is 0 Å². The number of nitrogens with one attached hydrogen (secondary N) is 1. The maximum absolute atomic E-state index is 13.2. The predicted molar refractivity (Wildman–Crippen MR) is 59.5 cm³/mol. The fourth-order valence-electron chi connectivity index (χ4n) is 1.45. The van der Waals surface area contributed by atoms with Crippen molar-refractivity contribution in [1.82, 2.24) is 5.32 Å². The number of aliphatic hydroxyl groups is 1. The zero-order valence-corrected chi connectivity index (χ0v) is 9.98. The first kappa shape index (κ1) is 15.4. The molecule has 7 heteroatoms. The molecule has 0 bridgehead atoms. The van der Waals surface area contributed by atoms with Crippen molar-refractivity contribution in [3.8, 4) is 0 Å². The van der Waals surface area contributed by atoms with Crippen LogP contribution in [-0.2, 0) is 0 Å². The molecule has 19 heavy (non-hydrogen) atoms. The van der Waals surface area contributed by atoms with Crippen molar-refractivity contribution in [2.45, 2.75) is 19.3 Å². The van der Waals surface area contributed by atoms with Gasteiger partial charge in [0.05, 0.1) is 5.56 Å². The van der Waals surface area contributed by atoms with E-state index in [0.29, 0.717) is 25.3 Å². The van der Waals surface area contributed by atoms with Gasteiger partial charge in [-0.15, -0.1) is 0 Å². The molecule has 0 spiro atoms. The third-order valence-electron chi connectivity index (χ3n) is 2.47. The molecule has 1 aromatic rings. The molecule has 1 amide bonds. The predicted octanol–water partition coefficient (Wildman–Crippen LogP) is 2.14. The van der Waals surface area contributed by atoms with Crippen LogP contribution in [0.1, 0.15) is 29.6 Å². The lowest BCUT2D eigenvalue weighted by molar-refractivity contribution is 0.0946. The third kappa shape index (κ3) is 3.92. The van der Waals surface area contributed by atoms with E-state index in [2.05, 4.69) is 5.32 Å². The molecule has 0 radical (unpaired) electrons. The van der Waals surface area contributed by atoms with E-state index >= 15 is 0 Å². The van der Waals surface area contributed by atoms with Gasteiger partial charge in [-0.05, 0) is 25.3 Å². The number of halogens is 4. The second kappa shape index (κ2) is 7.08. The van der Waals surface area contributed by atoms with Gasteiger partial charge in [0.1, 0.15) is 0 Å². The van der Waals surface area contributed by atoms with Gasteiger partial charge in [0.15, 0.2) is 23.3 Å². The second-order valence-electron chi connectivity index (χ2n) is 3.89. The summed E-state index contributed by atoms with van der Waals surface area (Å²) in [6.45, 7) is 0.190. The molecule has 0 aliphatic heterocycles. The normalized spacial score (nSPS) is 10.6. The van der Waals surface area contributed by atoms with E-state index in [1.807, 2.05) is 0 Å². The van der Waals surface area contributed by atoms with Crippen LogP contribution in [0.5, 0.6) is 0 Å². The smallest absolute Gasteiger partial charge is 0.254 e. The number of hydrogen-bond acceptors (Lipinski definition) is 2. The minimum atomic E-state index is -2.01. The SMILES string of the molecule is O=C(NCCCCCO)c1cc(F)c(F)c(F)c1F. The molecule has 0 atom stereocenters. The van der Waals surface area contributed by atoms with Crippen LogP contribution in [0.4, 0.5) is 17.6 Å². The highest BCUT2D eigenvalue weighted by Crippen LogP contribution is 2.18. The average molecular weight is 279 g/mol. The number of amides is 1. The van der Waals surface area contributed by atoms with E-state index in [1.54, 1.807) is 0 Å². The summed E-state index contributed by atoms with van der Waals surface area (Å²) in [6.07, 6.45) is 1.73. The van der Waals surface area contributed by atoms with Gasteiger partial charge in [-0.3, -0.25) is 4.79 Å². The van der Waals surface area contributed by atoms with Crippen LogP contribution in [-0.4, -0.2) is 24.2 Å². The third-order valence-corrected chi connectivity index (χ3v) is 2.47. The summed E-state index contributed by atoms with van der Waals surface area (Å²) in [5, 5.41) is 10.8. The number of unbranched alkanes of at least 4 members (excludes halogenated alkanes) is 2. The van der Waals surface area contributed by atoms with E-state index in [1.165, 1.54) is 0 Å². The molecular weight excluding hydrogens is 266 g/mol. The van der Waals surface area contributed by atoms with E-state index in [0.717, 1.165) is 0 Å². The van der Waals surface area contributed by atoms with Crippen LogP contribution in [0.25, 0.3) is 0 Å². The van der Waals surface area contributed by atoms with Gasteiger partial charge in [-0.25, -0.2) is 17.6 Å². The van der Waals surface area contributed by atoms with Crippen LogP contribution in [0, 0.1) is 23.3 Å². The highest BCUT2D eigenvalue weighted by Gasteiger charge is 2.22. The van der Waals surface area contributed by atoms with E-state index < -0.39 is 34.7 Å². The van der Waals surface area contributed by atoms with Gasteiger partial charge in [0, 0.05) is 13.2 Å². The van der Waals surface area contributed by atoms with Crippen molar-refractivity contribution in [2.75, 3.05) is 13.2 Å². The summed E-state index contributed by atoms with van der Waals surface area (Å²) < 4.78 is 51.7. The summed E-state index contributed by atoms with van der Waals surface area (Å²) in [5.74, 6) is -8.31. The van der Waals surface area contributed by atoms with Crippen LogP contribution in [0.15, 0.2) is 6.07 Å². The summed E-state index contributed by atoms with van der Waals surface area (Å²) in [4.78, 5) is 11.5. The summed E-state index contributed by atoms with van der Waals surface area (Å²) in [7, 11) is 0. The molecule has 3 nitrogen and oxygen atoms in total. The van der Waals surface area contributed by atoms with Crippen molar-refractivity contribution < 1.29 is 27.5 Å². The number of aliphatic hydroxyl groups excluding tert-OH is 1. The highest BCUT2D eigenvalue weighted by molar-refractivity contribution is 5.94. The lowest BCUT2D eigenvalue weighted by atomic mass is 10.1. The van der Waals surface area contributed by atoms with Gasteiger partial charge < -0.3 is 10.4 Å². The fraction of sp³-hybridized carbons (Fsp3) is 0.417. The molecule has 0 unspecified atom stereocenters. The maximum Gasteiger partial charge on any atom is 0.254 e. The highest BCUT2D eigenvalue weighted by atomic mass is 19.2. The zero-order valence-electron chi connectivity index (χ0n) is 9.98. The van der Waals surface area contributed by atoms with Crippen molar-refractivity contribution in [3.05, 3.63) is 34.9 Å². The molecule has 1 rings (SSSR count). The topological polar surface area (TPSA) is 49.3 Å². The van der Waals surface area contributed by atoms with Crippen molar-refractivity contribution in [2.24, 2.45) is 0 Å². The van der Waals surface area contributed by atoms with Crippen molar-refractivity contribution >= 4 is 5.91 Å². The molecule has 0 saturated carbocycles. The number of rotatable bonds is 6. The monoisotopic (exact) mass is 279 g/mol. The number of benzene rings is 1. The van der Waals surface area contributed by atoms with Gasteiger partial charge in [-0.2, -0.15) is 0 Å². The molecule has 0 aliphatic rings. The molecule has 0 heterocycles. The molecule has 0 fully saturated rings. The molecule has 0 aromatic heterocycles. The standard InChI is InChI=1S/C12H13F4NO2/c13-8-6-7(9(14)11(16)10(8)15)12(19)17-4-2-1-3-5-18/h6,18H,1-5H2,(H,17,19). The number of carbonyl (C=O) groups excluding carboxylic acids is 1. The molecule has 2 N–H and O–H groups in total. The second-order valence-corrected chi connectivity index (χ2v) is 3.89. The fourth-order valence-corrected chi connectivity index (χ4v) is 1.45. The first-order valence-corrected chi connectivity index (χ1v) is 5.71. The maximum atomic E-state index is 13.2. The van der Waals surface area contributed by atoms with E-state index in [4.69, 9.17) is 5.11 Å². The van der Waals surface area contributed by atoms with E-state index in [-0.39, 0.29) is 13.2 Å². The molecule has 0 saturated heterocycles. The molecule has 0 aliphatic carbocycles. The van der Waals surface area contributed by atoms with E-state index in [9.17, 15) is 22.4 Å². The van der Waals surface area contributed by atoms with Gasteiger partial charge in [0.2, 0.25) is 0 Å².